The van der Waals surface area contributed by atoms with Gasteiger partial charge in [-0.05, 0) is 35.0 Å². The molecular formula is C12H15BrCl4N2O. The van der Waals surface area contributed by atoms with Gasteiger partial charge in [-0.25, -0.2) is 4.98 Å². The molecule has 0 aliphatic heterocycles. The summed E-state index contributed by atoms with van der Waals surface area (Å²) in [5, 5.41) is 2.79. The Balaban J connectivity index is 0.000000621. The van der Waals surface area contributed by atoms with Crippen LogP contribution in [-0.4, -0.2) is 14.1 Å². The van der Waals surface area contributed by atoms with Crippen LogP contribution in [0.4, 0.5) is 5.82 Å². The third-order valence-corrected chi connectivity index (χ3v) is 2.54. The lowest BCUT2D eigenvalue weighted by Gasteiger charge is -2.17. The number of amides is 1. The van der Waals surface area contributed by atoms with Gasteiger partial charge in [0, 0.05) is 11.1 Å². The van der Waals surface area contributed by atoms with Gasteiger partial charge in [0.05, 0.1) is 4.47 Å². The van der Waals surface area contributed by atoms with Crippen LogP contribution in [-0.2, 0) is 4.79 Å². The van der Waals surface area contributed by atoms with Crippen molar-refractivity contribution in [2.24, 2.45) is 5.41 Å². The highest BCUT2D eigenvalue weighted by Crippen LogP contribution is 2.29. The van der Waals surface area contributed by atoms with Gasteiger partial charge in [0.2, 0.25) is 5.91 Å². The van der Waals surface area contributed by atoms with Crippen LogP contribution in [0, 0.1) is 12.3 Å². The highest BCUT2D eigenvalue weighted by Gasteiger charge is 2.22. The fourth-order valence-corrected chi connectivity index (χ4v) is 1.24. The van der Waals surface area contributed by atoms with Crippen LogP contribution < -0.4 is 5.32 Å². The Morgan fingerprint density at radius 1 is 1.20 bits per heavy atom. The van der Waals surface area contributed by atoms with E-state index in [0.29, 0.717) is 5.82 Å². The minimum absolute atomic E-state index is 0.0405. The van der Waals surface area contributed by atoms with Crippen LogP contribution in [0.15, 0.2) is 16.6 Å². The molecule has 0 unspecified atom stereocenters. The lowest BCUT2D eigenvalue weighted by Crippen LogP contribution is -2.28. The van der Waals surface area contributed by atoms with E-state index in [4.69, 9.17) is 46.4 Å². The largest absolute Gasteiger partial charge is 0.309 e. The van der Waals surface area contributed by atoms with Crippen LogP contribution >= 0.6 is 62.3 Å². The van der Waals surface area contributed by atoms with E-state index in [-0.39, 0.29) is 5.91 Å². The molecule has 1 heterocycles. The van der Waals surface area contributed by atoms with Gasteiger partial charge in [0.1, 0.15) is 5.82 Å². The average Bonchev–Trinajstić information content (AvgIpc) is 2.19. The summed E-state index contributed by atoms with van der Waals surface area (Å²) in [7, 11) is 0. The number of hydrogen-bond acceptors (Lipinski definition) is 2. The molecule has 114 valence electrons. The summed E-state index contributed by atoms with van der Waals surface area (Å²) >= 11 is 22.7. The fourth-order valence-electron chi connectivity index (χ4n) is 0.922. The molecule has 0 fully saturated rings. The summed E-state index contributed by atoms with van der Waals surface area (Å²) < 4.78 is -0.814. The number of halogens is 5. The molecular weight excluding hydrogens is 410 g/mol. The van der Waals surface area contributed by atoms with Gasteiger partial charge in [-0.15, -0.1) is 0 Å². The summed E-state index contributed by atoms with van der Waals surface area (Å²) in [5.74, 6) is 0.538. The van der Waals surface area contributed by atoms with E-state index in [1.165, 1.54) is 0 Å². The first-order valence-corrected chi connectivity index (χ1v) is 7.81. The van der Waals surface area contributed by atoms with Crippen LogP contribution in [0.25, 0.3) is 0 Å². The van der Waals surface area contributed by atoms with Gasteiger partial charge < -0.3 is 5.32 Å². The number of hydrogen-bond donors (Lipinski definition) is 1. The monoisotopic (exact) mass is 422 g/mol. The molecule has 1 rings (SSSR count). The van der Waals surface area contributed by atoms with E-state index in [1.807, 2.05) is 39.8 Å². The van der Waals surface area contributed by atoms with E-state index in [1.54, 1.807) is 0 Å². The first kappa shape index (κ1) is 20.3. The summed E-state index contributed by atoms with van der Waals surface area (Å²) in [6, 6.07) is 3.76. The van der Waals surface area contributed by atoms with Gasteiger partial charge in [-0.3, -0.25) is 4.79 Å². The van der Waals surface area contributed by atoms with Crippen molar-refractivity contribution in [1.29, 1.82) is 0 Å². The Labute approximate surface area is 147 Å². The van der Waals surface area contributed by atoms with Crippen molar-refractivity contribution in [3.05, 3.63) is 22.3 Å². The summed E-state index contributed by atoms with van der Waals surface area (Å²) in [6.07, 6.45) is 0. The molecule has 3 nitrogen and oxygen atoms in total. The standard InChI is InChI=1S/C11H15BrN2O.CCl4/c1-7-5-6-8(12)9(13-7)14-10(15)11(2,3)4;2-1(3,4)5/h5-6H,1-4H3,(H,13,14,15);. The zero-order valence-electron chi connectivity index (χ0n) is 11.4. The first-order valence-electron chi connectivity index (χ1n) is 5.51. The molecule has 0 atom stereocenters. The third-order valence-electron chi connectivity index (χ3n) is 1.90. The molecule has 1 aromatic heterocycles. The predicted molar refractivity (Wildman–Crippen MR) is 90.9 cm³/mol. The van der Waals surface area contributed by atoms with Crippen LogP contribution in [0.3, 0.4) is 0 Å². The number of pyridine rings is 1. The molecule has 0 aliphatic rings. The number of rotatable bonds is 1. The summed E-state index contributed by atoms with van der Waals surface area (Å²) in [6.45, 7) is 7.49. The second-order valence-electron chi connectivity index (χ2n) is 4.92. The highest BCUT2D eigenvalue weighted by molar-refractivity contribution is 9.10. The molecule has 20 heavy (non-hydrogen) atoms. The number of nitrogens with one attached hydrogen (secondary N) is 1. The van der Waals surface area contributed by atoms with Crippen molar-refractivity contribution in [2.45, 2.75) is 30.9 Å². The SMILES string of the molecule is Cc1ccc(Br)c(NC(=O)C(C)(C)C)n1.ClC(Cl)(Cl)Cl. The lowest BCUT2D eigenvalue weighted by atomic mass is 9.96. The molecule has 0 saturated carbocycles. The number of alkyl halides is 4. The zero-order chi connectivity index (χ0) is 16.1. The Morgan fingerprint density at radius 3 is 2.05 bits per heavy atom. The first-order chi connectivity index (χ1) is 8.80. The topological polar surface area (TPSA) is 42.0 Å². The number of carbonyl (C=O) groups excluding carboxylic acids is 1. The number of anilines is 1. The van der Waals surface area contributed by atoms with Gasteiger partial charge in [-0.1, -0.05) is 67.2 Å². The quantitative estimate of drug-likeness (QED) is 0.588. The van der Waals surface area contributed by atoms with Crippen LogP contribution in [0.5, 0.6) is 0 Å². The predicted octanol–water partition coefficient (Wildman–Crippen LogP) is 5.69. The van der Waals surface area contributed by atoms with Crippen molar-refractivity contribution >= 4 is 74.1 Å². The van der Waals surface area contributed by atoms with E-state index in [2.05, 4.69) is 26.2 Å². The molecule has 1 N–H and O–H groups in total. The third kappa shape index (κ3) is 10.1. The summed E-state index contributed by atoms with van der Waals surface area (Å²) in [5.41, 5.74) is 0.465. The molecule has 0 bridgehead atoms. The van der Waals surface area contributed by atoms with Crippen LogP contribution in [0.2, 0.25) is 0 Å². The van der Waals surface area contributed by atoms with E-state index < -0.39 is 8.67 Å². The Bertz CT molecular complexity index is 464. The number of nitrogens with zero attached hydrogens (tertiary/aromatic N) is 1. The molecule has 0 radical (unpaired) electrons. The second-order valence-corrected chi connectivity index (χ2v) is 9.20. The molecule has 8 heteroatoms. The Kier molecular flexibility index (Phi) is 8.15. The fraction of sp³-hybridized carbons (Fsp3) is 0.500. The minimum Gasteiger partial charge on any atom is -0.309 e. The van der Waals surface area contributed by atoms with Crippen molar-refractivity contribution in [1.82, 2.24) is 4.98 Å². The molecule has 1 aromatic rings. The molecule has 0 aromatic carbocycles. The maximum Gasteiger partial charge on any atom is 0.266 e. The van der Waals surface area contributed by atoms with E-state index in [0.717, 1.165) is 10.2 Å². The van der Waals surface area contributed by atoms with Gasteiger partial charge in [0.15, 0.2) is 0 Å². The highest BCUT2D eigenvalue weighted by atomic mass is 79.9. The lowest BCUT2D eigenvalue weighted by molar-refractivity contribution is -0.123. The van der Waals surface area contributed by atoms with Gasteiger partial charge in [0.25, 0.3) is 3.25 Å². The Hall–Kier alpha value is 0.260. The van der Waals surface area contributed by atoms with Crippen molar-refractivity contribution in [2.75, 3.05) is 5.32 Å². The van der Waals surface area contributed by atoms with Crippen molar-refractivity contribution in [3.8, 4) is 0 Å². The minimum atomic E-state index is -1.61. The van der Waals surface area contributed by atoms with Gasteiger partial charge in [-0.2, -0.15) is 0 Å². The number of aromatic nitrogens is 1. The van der Waals surface area contributed by atoms with E-state index in [9.17, 15) is 4.79 Å². The number of carbonyl (C=O) groups is 1. The maximum atomic E-state index is 11.7. The molecule has 1 amide bonds. The maximum absolute atomic E-state index is 11.7. The smallest absolute Gasteiger partial charge is 0.266 e. The second kappa shape index (κ2) is 8.04. The Morgan fingerprint density at radius 2 is 1.65 bits per heavy atom. The molecule has 0 saturated heterocycles. The summed E-state index contributed by atoms with van der Waals surface area (Å²) in [4.78, 5) is 16.0. The molecule has 0 aliphatic carbocycles. The van der Waals surface area contributed by atoms with E-state index >= 15 is 0 Å². The normalized spacial score (nSPS) is 11.4. The van der Waals surface area contributed by atoms with Crippen LogP contribution in [0.1, 0.15) is 26.5 Å². The average molecular weight is 425 g/mol. The van der Waals surface area contributed by atoms with Crippen molar-refractivity contribution in [3.63, 3.8) is 0 Å². The van der Waals surface area contributed by atoms with Gasteiger partial charge >= 0.3 is 0 Å². The van der Waals surface area contributed by atoms with Crippen molar-refractivity contribution < 1.29 is 4.79 Å². The molecule has 0 spiro atoms. The zero-order valence-corrected chi connectivity index (χ0v) is 16.0. The number of aryl methyl sites for hydroxylation is 1.